The van der Waals surface area contributed by atoms with Crippen molar-refractivity contribution in [3.05, 3.63) is 58.2 Å². The number of hydrogen-bond acceptors (Lipinski definition) is 7. The fourth-order valence-corrected chi connectivity index (χ4v) is 6.96. The van der Waals surface area contributed by atoms with E-state index in [0.29, 0.717) is 47.3 Å². The number of carbonyl (C=O) groups is 1. The minimum absolute atomic E-state index is 0.0000860. The predicted octanol–water partition coefficient (Wildman–Crippen LogP) is 4.32. The highest BCUT2D eigenvalue weighted by Crippen LogP contribution is 2.45. The first-order valence-electron chi connectivity index (χ1n) is 13.1. The van der Waals surface area contributed by atoms with Gasteiger partial charge in [0.25, 0.3) is 0 Å². The number of benzene rings is 2. The fourth-order valence-electron chi connectivity index (χ4n) is 5.60. The molecule has 1 saturated heterocycles. The summed E-state index contributed by atoms with van der Waals surface area (Å²) in [5.41, 5.74) is 10.2. The van der Waals surface area contributed by atoms with Crippen molar-refractivity contribution in [3.8, 4) is 11.1 Å². The summed E-state index contributed by atoms with van der Waals surface area (Å²) in [4.78, 5) is 15.0. The third-order valence-corrected chi connectivity index (χ3v) is 9.30. The molecule has 2 aromatic rings. The molecule has 2 aromatic carbocycles. The summed E-state index contributed by atoms with van der Waals surface area (Å²) in [5.74, 6) is -0.398. The smallest absolute Gasteiger partial charge is 0.341 e. The number of nitrogens with two attached hydrogens (primary N) is 1. The summed E-state index contributed by atoms with van der Waals surface area (Å²) in [6.07, 6.45) is 4.56. The first-order valence-corrected chi connectivity index (χ1v) is 15.2. The molecule has 2 fully saturated rings. The number of halogens is 1. The van der Waals surface area contributed by atoms with Crippen LogP contribution in [0.25, 0.3) is 16.7 Å². The maximum atomic E-state index is 12.9. The lowest BCUT2D eigenvalue weighted by Gasteiger charge is -2.32. The van der Waals surface area contributed by atoms with Crippen LogP contribution in [-0.4, -0.2) is 63.5 Å². The van der Waals surface area contributed by atoms with Gasteiger partial charge in [0.15, 0.2) is 5.60 Å². The zero-order valence-electron chi connectivity index (χ0n) is 21.6. The Balaban J connectivity index is 1.37. The number of ether oxygens (including phenoxy) is 2. The molecule has 0 atom stereocenters. The van der Waals surface area contributed by atoms with Crippen molar-refractivity contribution in [2.45, 2.75) is 44.6 Å². The van der Waals surface area contributed by atoms with Crippen LogP contribution in [0, 0.1) is 6.92 Å². The van der Waals surface area contributed by atoms with Crippen molar-refractivity contribution in [2.24, 2.45) is 5.73 Å². The SMILES string of the molecule is Cc1cc(-c2cccc(NS(=O)(=O)CCN3CCOCC3)c2)c(Cl)cc1C1=C(N)C2(CCCCC2)OC1=O. The van der Waals surface area contributed by atoms with Crippen LogP contribution < -0.4 is 10.5 Å². The Morgan fingerprint density at radius 3 is 2.55 bits per heavy atom. The Morgan fingerprint density at radius 1 is 1.08 bits per heavy atom. The largest absolute Gasteiger partial charge is 0.449 e. The summed E-state index contributed by atoms with van der Waals surface area (Å²) in [6.45, 7) is 5.08. The Labute approximate surface area is 229 Å². The number of rotatable bonds is 7. The summed E-state index contributed by atoms with van der Waals surface area (Å²) >= 11 is 6.74. The number of hydrogen-bond donors (Lipinski definition) is 2. The highest BCUT2D eigenvalue weighted by atomic mass is 35.5. The number of aryl methyl sites for hydroxylation is 1. The molecular weight excluding hydrogens is 526 g/mol. The number of sulfonamides is 1. The lowest BCUT2D eigenvalue weighted by molar-refractivity contribution is -0.147. The lowest BCUT2D eigenvalue weighted by Crippen LogP contribution is -2.39. The highest BCUT2D eigenvalue weighted by Gasteiger charge is 2.47. The first kappa shape index (κ1) is 27.0. The lowest BCUT2D eigenvalue weighted by atomic mass is 9.81. The summed E-state index contributed by atoms with van der Waals surface area (Å²) in [7, 11) is -3.53. The number of nitrogens with one attached hydrogen (secondary N) is 1. The maximum Gasteiger partial charge on any atom is 0.341 e. The van der Waals surface area contributed by atoms with E-state index in [1.807, 2.05) is 19.1 Å². The highest BCUT2D eigenvalue weighted by molar-refractivity contribution is 7.92. The zero-order chi connectivity index (χ0) is 26.9. The summed E-state index contributed by atoms with van der Waals surface area (Å²) in [6, 6.07) is 10.8. The molecule has 1 saturated carbocycles. The van der Waals surface area contributed by atoms with Crippen molar-refractivity contribution in [3.63, 3.8) is 0 Å². The zero-order valence-corrected chi connectivity index (χ0v) is 23.2. The minimum atomic E-state index is -3.53. The molecular formula is C28H34ClN3O5S. The van der Waals surface area contributed by atoms with Gasteiger partial charge in [-0.3, -0.25) is 9.62 Å². The molecule has 8 nitrogen and oxygen atoms in total. The van der Waals surface area contributed by atoms with Crippen molar-refractivity contribution in [1.29, 1.82) is 0 Å². The van der Waals surface area contributed by atoms with Crippen molar-refractivity contribution >= 4 is 38.9 Å². The quantitative estimate of drug-likeness (QED) is 0.486. The van der Waals surface area contributed by atoms with E-state index < -0.39 is 21.6 Å². The number of esters is 1. The molecule has 5 rings (SSSR count). The van der Waals surface area contributed by atoms with Gasteiger partial charge < -0.3 is 15.2 Å². The van der Waals surface area contributed by atoms with E-state index in [-0.39, 0.29) is 5.75 Å². The molecule has 0 unspecified atom stereocenters. The fraction of sp³-hybridized carbons (Fsp3) is 0.464. The standard InChI is InChI=1S/C28H34ClN3O5S/c1-19-16-23(24(29)18-22(19)25-26(30)28(37-27(25)33)8-3-2-4-9-28)20-6-5-7-21(17-20)31-38(34,35)15-12-32-10-13-36-14-11-32/h5-7,16-18,31H,2-4,8-15,30H2,1H3. The van der Waals surface area contributed by atoms with Crippen LogP contribution in [-0.2, 0) is 24.3 Å². The third kappa shape index (κ3) is 5.57. The van der Waals surface area contributed by atoms with Crippen LogP contribution in [0.4, 0.5) is 5.69 Å². The van der Waals surface area contributed by atoms with Gasteiger partial charge in [0.05, 0.1) is 30.2 Å². The van der Waals surface area contributed by atoms with Crippen molar-refractivity contribution in [1.82, 2.24) is 4.90 Å². The van der Waals surface area contributed by atoms with Crippen molar-refractivity contribution < 1.29 is 22.7 Å². The number of morpholine rings is 1. The Morgan fingerprint density at radius 2 is 1.82 bits per heavy atom. The molecule has 2 aliphatic heterocycles. The van der Waals surface area contributed by atoms with E-state index in [9.17, 15) is 13.2 Å². The van der Waals surface area contributed by atoms with E-state index in [1.54, 1.807) is 24.3 Å². The number of nitrogens with zero attached hydrogens (tertiary/aromatic N) is 1. The van der Waals surface area contributed by atoms with Gasteiger partial charge >= 0.3 is 5.97 Å². The van der Waals surface area contributed by atoms with Crippen LogP contribution in [0.15, 0.2) is 42.1 Å². The molecule has 204 valence electrons. The van der Waals surface area contributed by atoms with Crippen LogP contribution >= 0.6 is 11.6 Å². The van der Waals surface area contributed by atoms with E-state index >= 15 is 0 Å². The van der Waals surface area contributed by atoms with Crippen LogP contribution in [0.1, 0.15) is 43.2 Å². The van der Waals surface area contributed by atoms with Gasteiger partial charge in [0.2, 0.25) is 10.0 Å². The number of anilines is 1. The maximum absolute atomic E-state index is 12.9. The number of carbonyl (C=O) groups excluding carboxylic acids is 1. The molecule has 10 heteroatoms. The molecule has 38 heavy (non-hydrogen) atoms. The van der Waals surface area contributed by atoms with Gasteiger partial charge in [-0.2, -0.15) is 0 Å². The van der Waals surface area contributed by atoms with Gasteiger partial charge in [-0.05, 0) is 73.6 Å². The van der Waals surface area contributed by atoms with Gasteiger partial charge in [0, 0.05) is 35.9 Å². The Hall–Kier alpha value is -2.59. The van der Waals surface area contributed by atoms with E-state index in [0.717, 1.165) is 61.9 Å². The van der Waals surface area contributed by atoms with E-state index in [4.69, 9.17) is 26.8 Å². The van der Waals surface area contributed by atoms with Gasteiger partial charge in [-0.1, -0.05) is 30.2 Å². The molecule has 0 bridgehead atoms. The van der Waals surface area contributed by atoms with Gasteiger partial charge in [-0.15, -0.1) is 0 Å². The summed E-state index contributed by atoms with van der Waals surface area (Å²) in [5, 5.41) is 0.440. The molecule has 3 N–H and O–H groups in total. The average molecular weight is 560 g/mol. The van der Waals surface area contributed by atoms with Gasteiger partial charge in [0.1, 0.15) is 0 Å². The molecule has 3 aliphatic rings. The third-order valence-electron chi connectivity index (χ3n) is 7.72. The molecule has 1 aliphatic carbocycles. The van der Waals surface area contributed by atoms with Crippen LogP contribution in [0.2, 0.25) is 5.02 Å². The van der Waals surface area contributed by atoms with Gasteiger partial charge in [-0.25, -0.2) is 13.2 Å². The molecule has 0 radical (unpaired) electrons. The minimum Gasteiger partial charge on any atom is -0.449 e. The molecule has 0 amide bonds. The monoisotopic (exact) mass is 559 g/mol. The second-order valence-corrected chi connectivity index (χ2v) is 12.6. The predicted molar refractivity (Wildman–Crippen MR) is 149 cm³/mol. The van der Waals surface area contributed by atoms with Crippen LogP contribution in [0.5, 0.6) is 0 Å². The van der Waals surface area contributed by atoms with E-state index in [2.05, 4.69) is 9.62 Å². The second-order valence-electron chi connectivity index (χ2n) is 10.3. The molecule has 1 spiro atoms. The van der Waals surface area contributed by atoms with E-state index in [1.165, 1.54) is 0 Å². The first-order chi connectivity index (χ1) is 18.2. The van der Waals surface area contributed by atoms with Crippen LogP contribution in [0.3, 0.4) is 0 Å². The molecule has 0 aromatic heterocycles. The Bertz CT molecular complexity index is 1360. The summed E-state index contributed by atoms with van der Waals surface area (Å²) < 4.78 is 39.3. The topological polar surface area (TPSA) is 111 Å². The van der Waals surface area contributed by atoms with Crippen molar-refractivity contribution in [2.75, 3.05) is 43.3 Å². The second kappa shape index (κ2) is 10.9. The Kier molecular flexibility index (Phi) is 7.73. The average Bonchev–Trinajstić information content (AvgIpc) is 3.13. The molecule has 2 heterocycles. The normalized spacial score (nSPS) is 20.1.